The molecule has 0 unspecified atom stereocenters. The van der Waals surface area contributed by atoms with Crippen molar-refractivity contribution in [3.63, 3.8) is 0 Å². The van der Waals surface area contributed by atoms with Gasteiger partial charge in [-0.2, -0.15) is 13.2 Å². The molecule has 21 heavy (non-hydrogen) atoms. The van der Waals surface area contributed by atoms with E-state index in [1.807, 2.05) is 6.92 Å². The average Bonchev–Trinajstić information content (AvgIpc) is 2.33. The van der Waals surface area contributed by atoms with E-state index in [9.17, 15) is 13.2 Å². The Morgan fingerprint density at radius 1 is 1.05 bits per heavy atom. The summed E-state index contributed by atoms with van der Waals surface area (Å²) in [5.74, 6) is 0.465. The Hall–Kier alpha value is -1.59. The summed E-state index contributed by atoms with van der Waals surface area (Å²) in [4.78, 5) is 0. The van der Waals surface area contributed by atoms with Gasteiger partial charge in [-0.25, -0.2) is 0 Å². The molecule has 0 aromatic heterocycles. The summed E-state index contributed by atoms with van der Waals surface area (Å²) in [6, 6.07) is 8.02. The quantitative estimate of drug-likeness (QED) is 0.738. The van der Waals surface area contributed by atoms with E-state index in [-0.39, 0.29) is 23.8 Å². The molecule has 0 aliphatic carbocycles. The van der Waals surface area contributed by atoms with Gasteiger partial charge in [-0.1, -0.05) is 17.7 Å². The third-order valence-corrected chi connectivity index (χ3v) is 2.94. The third-order valence-electron chi connectivity index (χ3n) is 2.64. The molecule has 2 rings (SSSR count). The summed E-state index contributed by atoms with van der Waals surface area (Å²) in [5, 5.41) is 0.365. The first-order valence-electron chi connectivity index (χ1n) is 5.68. The monoisotopic (exact) mass is 337 g/mol. The summed E-state index contributed by atoms with van der Waals surface area (Å²) in [5.41, 5.74) is 5.60. The largest absolute Gasteiger partial charge is 0.454 e. The lowest BCUT2D eigenvalue weighted by molar-refractivity contribution is -0.137. The SMILES string of the molecule is Cc1ccc(Oc2ccc(C(F)(F)F)cc2N)c(Cl)c1.Cl. The first-order chi connectivity index (χ1) is 9.27. The minimum atomic E-state index is -4.44. The lowest BCUT2D eigenvalue weighted by Crippen LogP contribution is -2.06. The van der Waals surface area contributed by atoms with Crippen molar-refractivity contribution in [2.45, 2.75) is 13.1 Å². The van der Waals surface area contributed by atoms with E-state index in [1.54, 1.807) is 18.2 Å². The van der Waals surface area contributed by atoms with Gasteiger partial charge in [0.2, 0.25) is 0 Å². The van der Waals surface area contributed by atoms with Gasteiger partial charge < -0.3 is 10.5 Å². The fourth-order valence-corrected chi connectivity index (χ4v) is 1.90. The standard InChI is InChI=1S/C14H11ClF3NO.ClH/c1-8-2-4-12(10(15)6-8)20-13-5-3-9(7-11(13)19)14(16,17)18;/h2-7H,19H2,1H3;1H. The maximum absolute atomic E-state index is 12.5. The van der Waals surface area contributed by atoms with Crippen LogP contribution in [0.2, 0.25) is 5.02 Å². The third kappa shape index (κ3) is 4.19. The number of hydrogen-bond donors (Lipinski definition) is 1. The van der Waals surface area contributed by atoms with Crippen molar-refractivity contribution in [2.75, 3.05) is 5.73 Å². The van der Waals surface area contributed by atoms with E-state index in [4.69, 9.17) is 22.1 Å². The van der Waals surface area contributed by atoms with Gasteiger partial charge in [0.05, 0.1) is 16.3 Å². The van der Waals surface area contributed by atoms with E-state index in [0.717, 1.165) is 17.7 Å². The molecule has 2 nitrogen and oxygen atoms in total. The van der Waals surface area contributed by atoms with E-state index in [2.05, 4.69) is 0 Å². The molecule has 0 radical (unpaired) electrons. The highest BCUT2D eigenvalue weighted by Crippen LogP contribution is 2.37. The maximum atomic E-state index is 12.5. The molecule has 2 aromatic rings. The van der Waals surface area contributed by atoms with Crippen LogP contribution < -0.4 is 10.5 Å². The lowest BCUT2D eigenvalue weighted by atomic mass is 10.2. The predicted octanol–water partition coefficient (Wildman–Crippen LogP) is 5.46. The van der Waals surface area contributed by atoms with Crippen LogP contribution >= 0.6 is 24.0 Å². The highest BCUT2D eigenvalue weighted by atomic mass is 35.5. The molecule has 7 heteroatoms. The molecule has 0 aliphatic rings. The highest BCUT2D eigenvalue weighted by molar-refractivity contribution is 6.32. The minimum absolute atomic E-state index is 0. The van der Waals surface area contributed by atoms with Gasteiger partial charge in [-0.3, -0.25) is 0 Å². The zero-order valence-corrected chi connectivity index (χ0v) is 12.4. The minimum Gasteiger partial charge on any atom is -0.454 e. The van der Waals surface area contributed by atoms with Gasteiger partial charge in [-0.15, -0.1) is 12.4 Å². The molecular formula is C14H12Cl2F3NO. The number of alkyl halides is 3. The molecule has 0 spiro atoms. The molecule has 0 saturated carbocycles. The van der Waals surface area contributed by atoms with Crippen LogP contribution in [0.15, 0.2) is 36.4 Å². The number of halogens is 5. The van der Waals surface area contributed by atoms with Crippen molar-refractivity contribution in [3.8, 4) is 11.5 Å². The normalized spacial score (nSPS) is 10.9. The molecule has 114 valence electrons. The van der Waals surface area contributed by atoms with Crippen molar-refractivity contribution in [2.24, 2.45) is 0 Å². The molecule has 0 saturated heterocycles. The molecule has 2 N–H and O–H groups in total. The van der Waals surface area contributed by atoms with Crippen molar-refractivity contribution < 1.29 is 17.9 Å². The van der Waals surface area contributed by atoms with Crippen LogP contribution in [-0.2, 0) is 6.18 Å². The first kappa shape index (κ1) is 17.5. The van der Waals surface area contributed by atoms with Crippen LogP contribution in [0.1, 0.15) is 11.1 Å². The Balaban J connectivity index is 0.00000220. The molecule has 0 amide bonds. The molecule has 0 atom stereocenters. The Morgan fingerprint density at radius 2 is 1.67 bits per heavy atom. The van der Waals surface area contributed by atoms with E-state index in [1.165, 1.54) is 6.07 Å². The lowest BCUT2D eigenvalue weighted by Gasteiger charge is -2.13. The topological polar surface area (TPSA) is 35.2 Å². The molecular weight excluding hydrogens is 326 g/mol. The van der Waals surface area contributed by atoms with Gasteiger partial charge in [0.1, 0.15) is 11.5 Å². The van der Waals surface area contributed by atoms with Gasteiger partial charge in [0, 0.05) is 0 Å². The number of ether oxygens (including phenoxy) is 1. The van der Waals surface area contributed by atoms with E-state index >= 15 is 0 Å². The number of aryl methyl sites for hydroxylation is 1. The summed E-state index contributed by atoms with van der Waals surface area (Å²) < 4.78 is 43.0. The van der Waals surface area contributed by atoms with E-state index in [0.29, 0.717) is 10.8 Å². The molecule has 2 aromatic carbocycles. The van der Waals surface area contributed by atoms with Crippen LogP contribution in [-0.4, -0.2) is 0 Å². The molecule has 0 fully saturated rings. The number of benzene rings is 2. The second-order valence-corrected chi connectivity index (χ2v) is 4.69. The van der Waals surface area contributed by atoms with Crippen molar-refractivity contribution in [3.05, 3.63) is 52.5 Å². The second-order valence-electron chi connectivity index (χ2n) is 4.29. The Bertz CT molecular complexity index is 645. The Kier molecular flexibility index (Phi) is 5.36. The number of nitrogen functional groups attached to an aromatic ring is 1. The van der Waals surface area contributed by atoms with Gasteiger partial charge in [0.15, 0.2) is 0 Å². The first-order valence-corrected chi connectivity index (χ1v) is 6.06. The smallest absolute Gasteiger partial charge is 0.416 e. The molecule has 0 aliphatic heterocycles. The van der Waals surface area contributed by atoms with Crippen LogP contribution in [0, 0.1) is 6.92 Å². The molecule has 0 heterocycles. The summed E-state index contributed by atoms with van der Waals surface area (Å²) in [7, 11) is 0. The maximum Gasteiger partial charge on any atom is 0.416 e. The van der Waals surface area contributed by atoms with Gasteiger partial charge in [0.25, 0.3) is 0 Å². The molecule has 0 bridgehead atoms. The van der Waals surface area contributed by atoms with Crippen molar-refractivity contribution >= 4 is 29.7 Å². The fourth-order valence-electron chi connectivity index (χ4n) is 1.62. The summed E-state index contributed by atoms with van der Waals surface area (Å²) >= 11 is 5.99. The zero-order valence-electron chi connectivity index (χ0n) is 10.9. The highest BCUT2D eigenvalue weighted by Gasteiger charge is 2.31. The second kappa shape index (κ2) is 6.45. The fraction of sp³-hybridized carbons (Fsp3) is 0.143. The number of hydrogen-bond acceptors (Lipinski definition) is 2. The number of nitrogens with two attached hydrogens (primary N) is 1. The van der Waals surface area contributed by atoms with Crippen LogP contribution in [0.3, 0.4) is 0 Å². The Labute approximate surface area is 131 Å². The number of rotatable bonds is 2. The van der Waals surface area contributed by atoms with Crippen molar-refractivity contribution in [1.82, 2.24) is 0 Å². The Morgan fingerprint density at radius 3 is 2.19 bits per heavy atom. The zero-order chi connectivity index (χ0) is 14.9. The van der Waals surface area contributed by atoms with Gasteiger partial charge >= 0.3 is 6.18 Å². The number of anilines is 1. The van der Waals surface area contributed by atoms with Gasteiger partial charge in [-0.05, 0) is 42.8 Å². The van der Waals surface area contributed by atoms with Crippen LogP contribution in [0.5, 0.6) is 11.5 Å². The predicted molar refractivity (Wildman–Crippen MR) is 79.4 cm³/mol. The average molecular weight is 338 g/mol. The van der Waals surface area contributed by atoms with Crippen LogP contribution in [0.4, 0.5) is 18.9 Å². The van der Waals surface area contributed by atoms with Crippen molar-refractivity contribution in [1.29, 1.82) is 0 Å². The van der Waals surface area contributed by atoms with E-state index < -0.39 is 11.7 Å². The van der Waals surface area contributed by atoms with Crippen LogP contribution in [0.25, 0.3) is 0 Å². The summed E-state index contributed by atoms with van der Waals surface area (Å²) in [6.45, 7) is 1.86. The summed E-state index contributed by atoms with van der Waals surface area (Å²) in [6.07, 6.45) is -4.44.